The number of carbonyl (C=O) groups excluding carboxylic acids is 2. The van der Waals surface area contributed by atoms with Gasteiger partial charge in [0, 0.05) is 29.1 Å². The Hall–Kier alpha value is -0.910. The van der Waals surface area contributed by atoms with E-state index in [1.54, 1.807) is 11.8 Å². The minimum absolute atomic E-state index is 0.0121. The lowest BCUT2D eigenvalue weighted by Gasteiger charge is -2.20. The number of carbonyl (C=O) groups is 2. The third-order valence-electron chi connectivity index (χ3n) is 3.36. The molecule has 1 rings (SSSR count). The van der Waals surface area contributed by atoms with E-state index >= 15 is 0 Å². The van der Waals surface area contributed by atoms with E-state index in [1.807, 2.05) is 0 Å². The minimum atomic E-state index is -1.32. The Kier molecular flexibility index (Phi) is 7.05. The topological polar surface area (TPSA) is 63.7 Å². The Balaban J connectivity index is 2.41. The molecule has 0 aliphatic carbocycles. The van der Waals surface area contributed by atoms with Crippen molar-refractivity contribution in [3.05, 3.63) is 0 Å². The molecule has 0 spiro atoms. The smallest absolute Gasteiger partial charge is 0.306 e. The normalized spacial score (nSPS) is 19.4. The van der Waals surface area contributed by atoms with E-state index in [1.165, 1.54) is 7.11 Å². The zero-order valence-electron chi connectivity index (χ0n) is 11.7. The van der Waals surface area contributed by atoms with Crippen molar-refractivity contribution in [3.8, 4) is 0 Å². The second-order valence-corrected chi connectivity index (χ2v) is 6.77. The maximum Gasteiger partial charge on any atom is 0.306 e. The number of likely N-dealkylation sites (tertiary alicyclic amines) is 1. The van der Waals surface area contributed by atoms with E-state index in [-0.39, 0.29) is 29.3 Å². The van der Waals surface area contributed by atoms with Crippen molar-refractivity contribution in [2.75, 3.05) is 26.0 Å². The van der Waals surface area contributed by atoms with Crippen molar-refractivity contribution in [1.82, 2.24) is 4.90 Å². The van der Waals surface area contributed by atoms with Gasteiger partial charge >= 0.3 is 5.97 Å². The number of methoxy groups -OCH3 is 1. The van der Waals surface area contributed by atoms with E-state index < -0.39 is 10.8 Å². The highest BCUT2D eigenvalue weighted by atomic mass is 32.2. The molecule has 1 aliphatic heterocycles. The SMILES string of the molecule is COC(=O)CC(C)S(=O)CC(=O)N1CCCCCC1. The summed E-state index contributed by atoms with van der Waals surface area (Å²) in [6, 6.07) is 0. The first-order valence-corrected chi connectivity index (χ1v) is 8.14. The molecule has 110 valence electrons. The van der Waals surface area contributed by atoms with Gasteiger partial charge in [-0.15, -0.1) is 0 Å². The Morgan fingerprint density at radius 1 is 1.21 bits per heavy atom. The summed E-state index contributed by atoms with van der Waals surface area (Å²) in [7, 11) is -0.0105. The number of nitrogens with zero attached hydrogens (tertiary/aromatic N) is 1. The molecule has 0 aromatic carbocycles. The standard InChI is InChI=1S/C13H23NO4S/c1-11(9-13(16)18-2)19(17)10-12(15)14-7-5-3-4-6-8-14/h11H,3-10H2,1-2H3. The molecule has 2 atom stereocenters. The summed E-state index contributed by atoms with van der Waals surface area (Å²) in [5.41, 5.74) is 0. The molecule has 2 unspecified atom stereocenters. The molecule has 1 heterocycles. The van der Waals surface area contributed by atoms with Crippen LogP contribution in [0.2, 0.25) is 0 Å². The van der Waals surface area contributed by atoms with Crippen LogP contribution in [0.1, 0.15) is 39.0 Å². The summed E-state index contributed by atoms with van der Waals surface area (Å²) in [6.07, 6.45) is 4.46. The summed E-state index contributed by atoms with van der Waals surface area (Å²) >= 11 is 0. The largest absolute Gasteiger partial charge is 0.469 e. The molecule has 0 aromatic rings. The molecule has 0 saturated carbocycles. The number of esters is 1. The van der Waals surface area contributed by atoms with Crippen LogP contribution in [0.3, 0.4) is 0 Å². The van der Waals surface area contributed by atoms with Crippen LogP contribution in [-0.4, -0.2) is 52.2 Å². The maximum absolute atomic E-state index is 12.0. The molecule has 1 saturated heterocycles. The molecule has 0 aromatic heterocycles. The van der Waals surface area contributed by atoms with Gasteiger partial charge in [-0.3, -0.25) is 13.8 Å². The second-order valence-electron chi connectivity index (χ2n) is 4.91. The van der Waals surface area contributed by atoms with Crippen LogP contribution in [0.25, 0.3) is 0 Å². The van der Waals surface area contributed by atoms with Gasteiger partial charge < -0.3 is 9.64 Å². The van der Waals surface area contributed by atoms with Crippen LogP contribution in [0.4, 0.5) is 0 Å². The van der Waals surface area contributed by atoms with Gasteiger partial charge in [-0.1, -0.05) is 19.8 Å². The monoisotopic (exact) mass is 289 g/mol. The minimum Gasteiger partial charge on any atom is -0.469 e. The number of hydrogen-bond acceptors (Lipinski definition) is 4. The van der Waals surface area contributed by atoms with E-state index in [0.717, 1.165) is 38.8 Å². The summed E-state index contributed by atoms with van der Waals surface area (Å²) in [5.74, 6) is -0.432. The van der Waals surface area contributed by atoms with Crippen molar-refractivity contribution < 1.29 is 18.5 Å². The van der Waals surface area contributed by atoms with Crippen LogP contribution in [-0.2, 0) is 25.1 Å². The van der Waals surface area contributed by atoms with Gasteiger partial charge in [0.25, 0.3) is 0 Å². The molecule has 1 amide bonds. The molecule has 1 fully saturated rings. The Morgan fingerprint density at radius 2 is 1.79 bits per heavy atom. The Bertz CT molecular complexity index is 338. The fraction of sp³-hybridized carbons (Fsp3) is 0.846. The second kappa shape index (κ2) is 8.30. The summed E-state index contributed by atoms with van der Waals surface area (Å²) in [5, 5.41) is -0.344. The zero-order chi connectivity index (χ0) is 14.3. The van der Waals surface area contributed by atoms with Crippen molar-refractivity contribution in [1.29, 1.82) is 0 Å². The highest BCUT2D eigenvalue weighted by Gasteiger charge is 2.22. The van der Waals surface area contributed by atoms with Crippen LogP contribution >= 0.6 is 0 Å². The molecule has 5 nitrogen and oxygen atoms in total. The van der Waals surface area contributed by atoms with Crippen LogP contribution in [0.5, 0.6) is 0 Å². The number of ether oxygens (including phenoxy) is 1. The van der Waals surface area contributed by atoms with Gasteiger partial charge in [-0.2, -0.15) is 0 Å². The van der Waals surface area contributed by atoms with Gasteiger partial charge in [-0.25, -0.2) is 0 Å². The maximum atomic E-state index is 12.0. The fourth-order valence-corrected chi connectivity index (χ4v) is 3.12. The van der Waals surface area contributed by atoms with Gasteiger partial charge in [0.15, 0.2) is 0 Å². The van der Waals surface area contributed by atoms with Crippen LogP contribution in [0.15, 0.2) is 0 Å². The van der Waals surface area contributed by atoms with Crippen LogP contribution in [0, 0.1) is 0 Å². The van der Waals surface area contributed by atoms with Gasteiger partial charge in [0.05, 0.1) is 13.5 Å². The lowest BCUT2D eigenvalue weighted by Crippen LogP contribution is -2.36. The molecule has 1 aliphatic rings. The molecule has 0 bridgehead atoms. The predicted molar refractivity (Wildman–Crippen MR) is 74.2 cm³/mol. The van der Waals surface area contributed by atoms with E-state index in [0.29, 0.717) is 0 Å². The van der Waals surface area contributed by atoms with E-state index in [4.69, 9.17) is 0 Å². The quantitative estimate of drug-likeness (QED) is 0.711. The molecule has 0 N–H and O–H groups in total. The highest BCUT2D eigenvalue weighted by Crippen LogP contribution is 2.11. The average molecular weight is 289 g/mol. The number of rotatable bonds is 5. The van der Waals surface area contributed by atoms with Gasteiger partial charge in [0.2, 0.25) is 5.91 Å². The summed E-state index contributed by atoms with van der Waals surface area (Å²) in [6.45, 7) is 3.24. The highest BCUT2D eigenvalue weighted by molar-refractivity contribution is 7.86. The van der Waals surface area contributed by atoms with E-state index in [2.05, 4.69) is 4.74 Å². The molecular formula is C13H23NO4S. The first kappa shape index (κ1) is 16.1. The molecular weight excluding hydrogens is 266 g/mol. The number of amides is 1. The van der Waals surface area contributed by atoms with Crippen molar-refractivity contribution in [2.45, 2.75) is 44.3 Å². The lowest BCUT2D eigenvalue weighted by atomic mass is 10.2. The summed E-state index contributed by atoms with van der Waals surface area (Å²) < 4.78 is 16.5. The zero-order valence-corrected chi connectivity index (χ0v) is 12.5. The van der Waals surface area contributed by atoms with Crippen molar-refractivity contribution >= 4 is 22.7 Å². The van der Waals surface area contributed by atoms with E-state index in [9.17, 15) is 13.8 Å². The summed E-state index contributed by atoms with van der Waals surface area (Å²) in [4.78, 5) is 24.9. The van der Waals surface area contributed by atoms with Gasteiger partial charge in [0.1, 0.15) is 5.75 Å². The van der Waals surface area contributed by atoms with Crippen LogP contribution < -0.4 is 0 Å². The fourth-order valence-electron chi connectivity index (χ4n) is 2.09. The number of hydrogen-bond donors (Lipinski definition) is 0. The lowest BCUT2D eigenvalue weighted by molar-refractivity contribution is -0.140. The predicted octanol–water partition coefficient (Wildman–Crippen LogP) is 1.09. The van der Waals surface area contributed by atoms with Crippen molar-refractivity contribution in [3.63, 3.8) is 0 Å². The van der Waals surface area contributed by atoms with Crippen molar-refractivity contribution in [2.24, 2.45) is 0 Å². The molecule has 19 heavy (non-hydrogen) atoms. The first-order chi connectivity index (χ1) is 9.04. The molecule has 0 radical (unpaired) electrons. The first-order valence-electron chi connectivity index (χ1n) is 6.76. The Labute approximate surface area is 117 Å². The third-order valence-corrected chi connectivity index (χ3v) is 4.95. The third kappa shape index (κ3) is 5.72. The molecule has 6 heteroatoms. The average Bonchev–Trinajstić information content (AvgIpc) is 2.67. The van der Waals surface area contributed by atoms with Gasteiger partial charge in [-0.05, 0) is 12.8 Å². The Morgan fingerprint density at radius 3 is 2.32 bits per heavy atom.